The number of esters is 1. The van der Waals surface area contributed by atoms with E-state index in [4.69, 9.17) is 14.2 Å². The van der Waals surface area contributed by atoms with Gasteiger partial charge >= 0.3 is 5.97 Å². The second-order valence-corrected chi connectivity index (χ2v) is 5.85. The number of nitrogens with one attached hydrogen (secondary N) is 1. The summed E-state index contributed by atoms with van der Waals surface area (Å²) in [7, 11) is 0. The lowest BCUT2D eigenvalue weighted by molar-refractivity contribution is -0.144. The molecule has 0 bridgehead atoms. The maximum atomic E-state index is 11.6. The van der Waals surface area contributed by atoms with Crippen LogP contribution in [0.15, 0.2) is 24.3 Å². The zero-order chi connectivity index (χ0) is 16.2. The molecule has 0 saturated heterocycles. The molecule has 6 heteroatoms. The smallest absolute Gasteiger partial charge is 0.331 e. The Balaban J connectivity index is 1.83. The number of rotatable bonds is 4. The summed E-state index contributed by atoms with van der Waals surface area (Å²) in [5.41, 5.74) is 0.423. The fourth-order valence-electron chi connectivity index (χ4n) is 1.82. The van der Waals surface area contributed by atoms with Crippen LogP contribution in [0.5, 0.6) is 11.5 Å². The van der Waals surface area contributed by atoms with Crippen LogP contribution in [0.25, 0.3) is 6.08 Å². The van der Waals surface area contributed by atoms with Gasteiger partial charge in [-0.25, -0.2) is 4.79 Å². The van der Waals surface area contributed by atoms with Crippen LogP contribution in [0.4, 0.5) is 0 Å². The number of ether oxygens (including phenoxy) is 3. The first-order valence-corrected chi connectivity index (χ1v) is 6.89. The molecule has 22 heavy (non-hydrogen) atoms. The molecule has 1 amide bonds. The molecule has 1 aliphatic heterocycles. The van der Waals surface area contributed by atoms with Crippen LogP contribution in [0, 0.1) is 0 Å². The van der Waals surface area contributed by atoms with Crippen LogP contribution in [0.3, 0.4) is 0 Å². The van der Waals surface area contributed by atoms with E-state index in [-0.39, 0.29) is 24.8 Å². The first kappa shape index (κ1) is 15.9. The summed E-state index contributed by atoms with van der Waals surface area (Å²) in [6.45, 7) is 5.46. The Bertz CT molecular complexity index is 601. The van der Waals surface area contributed by atoms with Gasteiger partial charge in [-0.3, -0.25) is 4.79 Å². The van der Waals surface area contributed by atoms with Gasteiger partial charge in [0.15, 0.2) is 18.1 Å². The van der Waals surface area contributed by atoms with E-state index in [2.05, 4.69) is 5.32 Å². The number of hydrogen-bond donors (Lipinski definition) is 1. The van der Waals surface area contributed by atoms with Crippen LogP contribution in [-0.4, -0.2) is 30.8 Å². The van der Waals surface area contributed by atoms with Gasteiger partial charge in [-0.15, -0.1) is 0 Å². The Morgan fingerprint density at radius 3 is 2.73 bits per heavy atom. The van der Waals surface area contributed by atoms with Gasteiger partial charge in [0.25, 0.3) is 5.91 Å². The second kappa shape index (κ2) is 6.51. The molecule has 0 spiro atoms. The molecule has 0 saturated carbocycles. The fraction of sp³-hybridized carbons (Fsp3) is 0.375. The highest BCUT2D eigenvalue weighted by molar-refractivity contribution is 5.89. The van der Waals surface area contributed by atoms with Crippen LogP contribution in [0.2, 0.25) is 0 Å². The molecule has 0 radical (unpaired) electrons. The van der Waals surface area contributed by atoms with Gasteiger partial charge in [0, 0.05) is 11.6 Å². The lowest BCUT2D eigenvalue weighted by atomic mass is 10.1. The molecule has 118 valence electrons. The average Bonchev–Trinajstić information content (AvgIpc) is 2.88. The van der Waals surface area contributed by atoms with Gasteiger partial charge in [0.2, 0.25) is 6.79 Å². The van der Waals surface area contributed by atoms with Crippen LogP contribution in [-0.2, 0) is 14.3 Å². The first-order chi connectivity index (χ1) is 10.3. The third-order valence-electron chi connectivity index (χ3n) is 2.67. The van der Waals surface area contributed by atoms with Crippen molar-refractivity contribution in [2.45, 2.75) is 26.3 Å². The van der Waals surface area contributed by atoms with Crippen LogP contribution < -0.4 is 14.8 Å². The standard InChI is InChI=1S/C16H19NO5/c1-16(2,3)17-14(18)9-20-15(19)7-5-11-4-6-12-13(8-11)22-10-21-12/h4-8H,9-10H2,1-3H3,(H,17,18)/b7-5+. The minimum atomic E-state index is -0.582. The molecule has 6 nitrogen and oxygen atoms in total. The van der Waals surface area contributed by atoms with E-state index in [1.807, 2.05) is 20.8 Å². The topological polar surface area (TPSA) is 73.9 Å². The summed E-state index contributed by atoms with van der Waals surface area (Å²) in [6.07, 6.45) is 2.86. The molecule has 1 aliphatic rings. The normalized spacial score (nSPS) is 13.2. The van der Waals surface area contributed by atoms with Gasteiger partial charge in [0.05, 0.1) is 0 Å². The van der Waals surface area contributed by atoms with E-state index in [9.17, 15) is 9.59 Å². The van der Waals surface area contributed by atoms with Gasteiger partial charge in [-0.2, -0.15) is 0 Å². The molecule has 1 heterocycles. The SMILES string of the molecule is CC(C)(C)NC(=O)COC(=O)/C=C/c1ccc2c(c1)OCO2. The van der Waals surface area contributed by atoms with Crippen LogP contribution in [0.1, 0.15) is 26.3 Å². The number of carbonyl (C=O) groups is 2. The summed E-state index contributed by atoms with van der Waals surface area (Å²) < 4.78 is 15.3. The van der Waals surface area contributed by atoms with Crippen molar-refractivity contribution in [2.24, 2.45) is 0 Å². The molecule has 0 aromatic heterocycles. The van der Waals surface area contributed by atoms with Crippen molar-refractivity contribution in [3.8, 4) is 11.5 Å². The fourth-order valence-corrected chi connectivity index (χ4v) is 1.82. The Labute approximate surface area is 129 Å². The zero-order valence-corrected chi connectivity index (χ0v) is 12.8. The lowest BCUT2D eigenvalue weighted by Gasteiger charge is -2.20. The third-order valence-corrected chi connectivity index (χ3v) is 2.67. The van der Waals surface area contributed by atoms with E-state index in [1.54, 1.807) is 24.3 Å². The maximum absolute atomic E-state index is 11.6. The molecule has 0 unspecified atom stereocenters. The summed E-state index contributed by atoms with van der Waals surface area (Å²) in [5.74, 6) is 0.401. The Kier molecular flexibility index (Phi) is 4.70. The molecule has 0 atom stereocenters. The highest BCUT2D eigenvalue weighted by Gasteiger charge is 2.15. The second-order valence-electron chi connectivity index (χ2n) is 5.85. The summed E-state index contributed by atoms with van der Waals surface area (Å²) in [5, 5.41) is 2.71. The Hall–Kier alpha value is -2.50. The molecule has 0 aliphatic carbocycles. The van der Waals surface area contributed by atoms with E-state index >= 15 is 0 Å². The van der Waals surface area contributed by atoms with E-state index in [0.717, 1.165) is 5.56 Å². The molecular weight excluding hydrogens is 286 g/mol. The number of fused-ring (bicyclic) bond motifs is 1. The van der Waals surface area contributed by atoms with E-state index < -0.39 is 5.97 Å². The Morgan fingerprint density at radius 2 is 2.00 bits per heavy atom. The van der Waals surface area contributed by atoms with Crippen molar-refractivity contribution in [3.05, 3.63) is 29.8 Å². The first-order valence-electron chi connectivity index (χ1n) is 6.89. The van der Waals surface area contributed by atoms with Gasteiger partial charge in [-0.1, -0.05) is 6.07 Å². The van der Waals surface area contributed by atoms with Crippen molar-refractivity contribution < 1.29 is 23.8 Å². The molecular formula is C16H19NO5. The minimum Gasteiger partial charge on any atom is -0.454 e. The monoisotopic (exact) mass is 305 g/mol. The van der Waals surface area contributed by atoms with Crippen LogP contribution >= 0.6 is 0 Å². The number of benzene rings is 1. The number of hydrogen-bond acceptors (Lipinski definition) is 5. The number of amides is 1. The predicted molar refractivity (Wildman–Crippen MR) is 80.5 cm³/mol. The highest BCUT2D eigenvalue weighted by atomic mass is 16.7. The molecule has 1 N–H and O–H groups in total. The molecule has 1 aromatic rings. The largest absolute Gasteiger partial charge is 0.454 e. The van der Waals surface area contributed by atoms with E-state index in [1.165, 1.54) is 6.08 Å². The molecule has 0 fully saturated rings. The molecule has 1 aromatic carbocycles. The van der Waals surface area contributed by atoms with E-state index in [0.29, 0.717) is 11.5 Å². The van der Waals surface area contributed by atoms with Crippen molar-refractivity contribution in [1.82, 2.24) is 5.32 Å². The lowest BCUT2D eigenvalue weighted by Crippen LogP contribution is -2.42. The van der Waals surface area contributed by atoms with Gasteiger partial charge in [-0.05, 0) is 44.5 Å². The zero-order valence-electron chi connectivity index (χ0n) is 12.8. The average molecular weight is 305 g/mol. The highest BCUT2D eigenvalue weighted by Crippen LogP contribution is 2.32. The van der Waals surface area contributed by atoms with Gasteiger partial charge < -0.3 is 19.5 Å². The van der Waals surface area contributed by atoms with Crippen molar-refractivity contribution in [1.29, 1.82) is 0 Å². The quantitative estimate of drug-likeness (QED) is 0.679. The molecule has 2 rings (SSSR count). The van der Waals surface area contributed by atoms with Gasteiger partial charge in [0.1, 0.15) is 0 Å². The summed E-state index contributed by atoms with van der Waals surface area (Å²) >= 11 is 0. The van der Waals surface area contributed by atoms with Crippen molar-refractivity contribution in [3.63, 3.8) is 0 Å². The summed E-state index contributed by atoms with van der Waals surface area (Å²) in [4.78, 5) is 23.1. The summed E-state index contributed by atoms with van der Waals surface area (Å²) in [6, 6.07) is 5.33. The van der Waals surface area contributed by atoms with Crippen molar-refractivity contribution >= 4 is 18.0 Å². The maximum Gasteiger partial charge on any atom is 0.331 e. The third kappa shape index (κ3) is 4.80. The minimum absolute atomic E-state index is 0.202. The van der Waals surface area contributed by atoms with Crippen molar-refractivity contribution in [2.75, 3.05) is 13.4 Å². The predicted octanol–water partition coefficient (Wildman–Crippen LogP) is 1.89. The number of carbonyl (C=O) groups excluding carboxylic acids is 2. The Morgan fingerprint density at radius 1 is 1.27 bits per heavy atom.